The molecule has 1 spiro atoms. The van der Waals surface area contributed by atoms with Gasteiger partial charge in [0.05, 0.1) is 22.4 Å². The van der Waals surface area contributed by atoms with Gasteiger partial charge in [-0.3, -0.25) is 4.98 Å². The Balaban J connectivity index is 1.49. The van der Waals surface area contributed by atoms with Crippen LogP contribution in [0, 0.1) is 6.92 Å². The van der Waals surface area contributed by atoms with E-state index in [1.54, 1.807) is 0 Å². The number of rotatable bonds is 3. The number of pyridine rings is 1. The number of carbonyl (C=O) groups excluding carboxylic acids is 1. The number of aliphatic hydroxyl groups is 1. The predicted octanol–water partition coefficient (Wildman–Crippen LogP) is 7.47. The molecule has 0 bridgehead atoms. The number of aromatic nitrogens is 1. The SMILES string of the molecule is Cc1cc(-c2cc(C(F)(F)F)cc3c2N([C@H]2CN(C(=O)OC(C)(C)C)C4(CCC4)C2)CCC3)c2sc(CO)cc2n1. The van der Waals surface area contributed by atoms with E-state index in [1.165, 1.54) is 23.5 Å². The van der Waals surface area contributed by atoms with Gasteiger partial charge < -0.3 is 19.6 Å². The summed E-state index contributed by atoms with van der Waals surface area (Å²) >= 11 is 1.37. The van der Waals surface area contributed by atoms with Gasteiger partial charge in [-0.1, -0.05) is 0 Å². The molecule has 1 aromatic carbocycles. The van der Waals surface area contributed by atoms with Crippen LogP contribution in [-0.4, -0.2) is 51.4 Å². The number of fused-ring (bicyclic) bond motifs is 2. The lowest BCUT2D eigenvalue weighted by Crippen LogP contribution is -2.53. The molecule has 1 saturated carbocycles. The number of aliphatic hydroxyl groups excluding tert-OH is 1. The number of halogens is 3. The Hall–Kier alpha value is -2.85. The largest absolute Gasteiger partial charge is 0.444 e. The van der Waals surface area contributed by atoms with Crippen molar-refractivity contribution in [2.45, 2.75) is 96.2 Å². The molecule has 6 rings (SSSR count). The van der Waals surface area contributed by atoms with Crippen molar-refractivity contribution in [1.29, 1.82) is 0 Å². The minimum absolute atomic E-state index is 0.0351. The summed E-state index contributed by atoms with van der Waals surface area (Å²) < 4.78 is 49.2. The molecule has 1 atom stereocenters. The van der Waals surface area contributed by atoms with Gasteiger partial charge in [-0.2, -0.15) is 13.2 Å². The second kappa shape index (κ2) is 9.87. The van der Waals surface area contributed by atoms with Crippen LogP contribution in [0.5, 0.6) is 0 Å². The average molecular weight is 588 g/mol. The second-order valence-electron chi connectivity index (χ2n) is 12.7. The van der Waals surface area contributed by atoms with E-state index in [0.29, 0.717) is 52.3 Å². The van der Waals surface area contributed by atoms with Crippen LogP contribution >= 0.6 is 11.3 Å². The van der Waals surface area contributed by atoms with Crippen molar-refractivity contribution in [3.05, 3.63) is 46.0 Å². The number of hydrogen-bond acceptors (Lipinski definition) is 6. The van der Waals surface area contributed by atoms with E-state index in [1.807, 2.05) is 44.7 Å². The van der Waals surface area contributed by atoms with Crippen LogP contribution < -0.4 is 4.90 Å². The van der Waals surface area contributed by atoms with E-state index in [2.05, 4.69) is 9.88 Å². The average Bonchev–Trinajstić information content (AvgIpc) is 3.48. The number of thiophene rings is 1. The van der Waals surface area contributed by atoms with Crippen molar-refractivity contribution in [1.82, 2.24) is 9.88 Å². The Kier molecular flexibility index (Phi) is 6.80. The lowest BCUT2D eigenvalue weighted by Gasteiger charge is -2.45. The van der Waals surface area contributed by atoms with Crippen molar-refractivity contribution >= 4 is 33.3 Å². The topological polar surface area (TPSA) is 65.9 Å². The third-order valence-electron chi connectivity index (χ3n) is 8.67. The van der Waals surface area contributed by atoms with Gasteiger partial charge in [0.15, 0.2) is 0 Å². The number of nitrogens with zero attached hydrogens (tertiary/aromatic N) is 3. The number of aryl methyl sites for hydroxylation is 2. The summed E-state index contributed by atoms with van der Waals surface area (Å²) in [6, 6.07) is 6.22. The Morgan fingerprint density at radius 1 is 1.15 bits per heavy atom. The van der Waals surface area contributed by atoms with Crippen molar-refractivity contribution in [2.75, 3.05) is 18.0 Å². The first-order valence-corrected chi connectivity index (χ1v) is 15.1. The number of carbonyl (C=O) groups is 1. The van der Waals surface area contributed by atoms with E-state index in [9.17, 15) is 23.1 Å². The minimum Gasteiger partial charge on any atom is -0.444 e. The molecule has 1 amide bonds. The summed E-state index contributed by atoms with van der Waals surface area (Å²) in [5, 5.41) is 9.80. The predicted molar refractivity (Wildman–Crippen MR) is 154 cm³/mol. The van der Waals surface area contributed by atoms with Crippen LogP contribution in [0.2, 0.25) is 0 Å². The van der Waals surface area contributed by atoms with Crippen LogP contribution in [0.25, 0.3) is 21.3 Å². The van der Waals surface area contributed by atoms with E-state index in [0.717, 1.165) is 42.5 Å². The number of benzene rings is 1. The summed E-state index contributed by atoms with van der Waals surface area (Å²) in [6.45, 7) is 8.45. The molecule has 4 heterocycles. The summed E-state index contributed by atoms with van der Waals surface area (Å²) in [6.07, 6.45) is 0.117. The van der Waals surface area contributed by atoms with Crippen LogP contribution in [0.15, 0.2) is 24.3 Å². The zero-order chi connectivity index (χ0) is 29.3. The number of hydrogen-bond donors (Lipinski definition) is 1. The maximum Gasteiger partial charge on any atom is 0.416 e. The quantitative estimate of drug-likeness (QED) is 0.345. The molecule has 41 heavy (non-hydrogen) atoms. The van der Waals surface area contributed by atoms with Crippen molar-refractivity contribution < 1.29 is 27.8 Å². The van der Waals surface area contributed by atoms with Gasteiger partial charge in [0.1, 0.15) is 5.60 Å². The first-order valence-electron chi connectivity index (χ1n) is 14.3. The monoisotopic (exact) mass is 587 g/mol. The zero-order valence-electron chi connectivity index (χ0n) is 23.9. The fourth-order valence-electron chi connectivity index (χ4n) is 6.86. The summed E-state index contributed by atoms with van der Waals surface area (Å²) in [4.78, 5) is 22.8. The Morgan fingerprint density at radius 2 is 1.90 bits per heavy atom. The highest BCUT2D eigenvalue weighted by molar-refractivity contribution is 7.19. The third kappa shape index (κ3) is 5.07. The molecule has 0 unspecified atom stereocenters. The van der Waals surface area contributed by atoms with Crippen LogP contribution in [-0.2, 0) is 23.9 Å². The third-order valence-corrected chi connectivity index (χ3v) is 9.82. The van der Waals surface area contributed by atoms with Gasteiger partial charge in [-0.25, -0.2) is 4.79 Å². The van der Waals surface area contributed by atoms with Gasteiger partial charge in [0, 0.05) is 52.1 Å². The molecule has 10 heteroatoms. The van der Waals surface area contributed by atoms with E-state index in [4.69, 9.17) is 4.74 Å². The standard InChI is InChI=1S/C31H36F3N3O3S/c1-18-11-24(27-25(35-18)14-22(17-38)41-27)23-13-20(31(32,33)34)12-19-7-5-10-36(26(19)23)21-15-30(8-6-9-30)37(16-21)28(39)40-29(2,3)4/h11-14,21,38H,5-10,15-17H2,1-4H3/t21-/m1/s1. The summed E-state index contributed by atoms with van der Waals surface area (Å²) in [7, 11) is 0. The lowest BCUT2D eigenvalue weighted by molar-refractivity contribution is -0.137. The van der Waals surface area contributed by atoms with Gasteiger partial charge in [-0.05, 0) is 96.0 Å². The first kappa shape index (κ1) is 28.3. The molecule has 3 aromatic rings. The molecule has 1 N–H and O–H groups in total. The number of likely N-dealkylation sites (tertiary alicyclic amines) is 1. The number of ether oxygens (including phenoxy) is 1. The maximum atomic E-state index is 14.2. The highest BCUT2D eigenvalue weighted by Gasteiger charge is 2.54. The number of amides is 1. The van der Waals surface area contributed by atoms with E-state index in [-0.39, 0.29) is 24.3 Å². The molecule has 1 saturated heterocycles. The Morgan fingerprint density at radius 3 is 2.54 bits per heavy atom. The Bertz CT molecular complexity index is 1510. The zero-order valence-corrected chi connectivity index (χ0v) is 24.7. The second-order valence-corrected chi connectivity index (χ2v) is 13.9. The number of alkyl halides is 3. The van der Waals surface area contributed by atoms with Gasteiger partial charge in [0.2, 0.25) is 0 Å². The van der Waals surface area contributed by atoms with Crippen LogP contribution in [0.3, 0.4) is 0 Å². The highest BCUT2D eigenvalue weighted by atomic mass is 32.1. The van der Waals surface area contributed by atoms with Crippen molar-refractivity contribution in [2.24, 2.45) is 0 Å². The molecule has 0 radical (unpaired) electrons. The normalized spacial score (nSPS) is 20.4. The summed E-state index contributed by atoms with van der Waals surface area (Å²) in [5.74, 6) is 0. The molecule has 2 fully saturated rings. The maximum absolute atomic E-state index is 14.2. The fourth-order valence-corrected chi connectivity index (χ4v) is 7.85. The van der Waals surface area contributed by atoms with Gasteiger partial charge in [-0.15, -0.1) is 11.3 Å². The molecule has 2 aliphatic heterocycles. The van der Waals surface area contributed by atoms with Gasteiger partial charge >= 0.3 is 12.3 Å². The molecular formula is C31H36F3N3O3S. The molecular weight excluding hydrogens is 551 g/mol. The first-order chi connectivity index (χ1) is 19.3. The number of anilines is 1. The van der Waals surface area contributed by atoms with Crippen molar-refractivity contribution in [3.63, 3.8) is 0 Å². The van der Waals surface area contributed by atoms with E-state index < -0.39 is 17.3 Å². The summed E-state index contributed by atoms with van der Waals surface area (Å²) in [5.41, 5.74) is 2.58. The molecule has 2 aromatic heterocycles. The fraction of sp³-hybridized carbons (Fsp3) is 0.548. The van der Waals surface area contributed by atoms with Crippen LogP contribution in [0.1, 0.15) is 74.6 Å². The smallest absolute Gasteiger partial charge is 0.416 e. The lowest BCUT2D eigenvalue weighted by atomic mass is 9.74. The molecule has 220 valence electrons. The minimum atomic E-state index is -4.49. The molecule has 6 nitrogen and oxygen atoms in total. The molecule has 1 aliphatic carbocycles. The highest BCUT2D eigenvalue weighted by Crippen LogP contribution is 2.51. The van der Waals surface area contributed by atoms with Crippen molar-refractivity contribution in [3.8, 4) is 11.1 Å². The van der Waals surface area contributed by atoms with Crippen LogP contribution in [0.4, 0.5) is 23.7 Å². The molecule has 3 aliphatic rings. The Labute approximate surface area is 242 Å². The van der Waals surface area contributed by atoms with E-state index >= 15 is 0 Å². The van der Waals surface area contributed by atoms with Gasteiger partial charge in [0.25, 0.3) is 0 Å².